The lowest BCUT2D eigenvalue weighted by molar-refractivity contribution is -0.136. The Bertz CT molecular complexity index is 617. The van der Waals surface area contributed by atoms with Gasteiger partial charge in [-0.25, -0.2) is 0 Å². The van der Waals surface area contributed by atoms with Gasteiger partial charge in [0, 0.05) is 26.5 Å². The van der Waals surface area contributed by atoms with E-state index in [4.69, 9.17) is 5.11 Å². The molecule has 148 valence electrons. The molecule has 0 aliphatic rings. The van der Waals surface area contributed by atoms with Crippen LogP contribution >= 0.6 is 23.5 Å². The van der Waals surface area contributed by atoms with Crippen molar-refractivity contribution in [2.45, 2.75) is 88.0 Å². The lowest BCUT2D eigenvalue weighted by Crippen LogP contribution is -2.23. The Kier molecular flexibility index (Phi) is 7.20. The molecule has 1 unspecified atom stereocenters. The van der Waals surface area contributed by atoms with Crippen LogP contribution in [0.15, 0.2) is 17.0 Å². The third-order valence-electron chi connectivity index (χ3n) is 4.12. The second kappa shape index (κ2) is 8.05. The summed E-state index contributed by atoms with van der Waals surface area (Å²) in [5.74, 6) is 0.355. The fourth-order valence-corrected chi connectivity index (χ4v) is 4.78. The smallest absolute Gasteiger partial charge is 0.316 e. The van der Waals surface area contributed by atoms with Crippen LogP contribution in [0.5, 0.6) is 5.75 Å². The number of benzene rings is 1. The summed E-state index contributed by atoms with van der Waals surface area (Å²) >= 11 is 3.21. The first-order chi connectivity index (χ1) is 11.5. The molecule has 0 heterocycles. The molecule has 0 aliphatic heterocycles. The van der Waals surface area contributed by atoms with Crippen molar-refractivity contribution in [3.05, 3.63) is 23.3 Å². The van der Waals surface area contributed by atoms with Crippen molar-refractivity contribution < 1.29 is 15.0 Å². The van der Waals surface area contributed by atoms with Gasteiger partial charge in [-0.05, 0) is 43.7 Å². The second-order valence-electron chi connectivity index (χ2n) is 9.52. The van der Waals surface area contributed by atoms with E-state index in [1.54, 1.807) is 18.7 Å². The highest BCUT2D eigenvalue weighted by molar-refractivity contribution is 8.04. The summed E-state index contributed by atoms with van der Waals surface area (Å²) in [6, 6.07) is 4.17. The number of thioether (sulfide) groups is 2. The molecule has 26 heavy (non-hydrogen) atoms. The number of aliphatic carboxylic acids is 1. The molecule has 0 saturated heterocycles. The van der Waals surface area contributed by atoms with Crippen molar-refractivity contribution in [3.63, 3.8) is 0 Å². The zero-order valence-electron chi connectivity index (χ0n) is 17.6. The van der Waals surface area contributed by atoms with Gasteiger partial charge in [-0.2, -0.15) is 0 Å². The largest absolute Gasteiger partial charge is 0.507 e. The van der Waals surface area contributed by atoms with Crippen LogP contribution in [0.25, 0.3) is 0 Å². The molecule has 3 nitrogen and oxygen atoms in total. The van der Waals surface area contributed by atoms with Gasteiger partial charge in [-0.15, -0.1) is 23.5 Å². The SMILES string of the molecule is CC(SCC(C)(C)Sc1cc(C(C)(C)C)c(O)c(C(C)(C)C)c1)C(=O)O. The van der Waals surface area contributed by atoms with Gasteiger partial charge >= 0.3 is 5.97 Å². The average molecular weight is 399 g/mol. The van der Waals surface area contributed by atoms with Gasteiger partial charge in [0.2, 0.25) is 0 Å². The van der Waals surface area contributed by atoms with E-state index >= 15 is 0 Å². The molecule has 0 saturated carbocycles. The van der Waals surface area contributed by atoms with Crippen molar-refractivity contribution >= 4 is 29.5 Å². The van der Waals surface area contributed by atoms with Crippen LogP contribution in [0.1, 0.15) is 73.4 Å². The van der Waals surface area contributed by atoms with E-state index < -0.39 is 11.2 Å². The topological polar surface area (TPSA) is 57.5 Å². The van der Waals surface area contributed by atoms with Crippen LogP contribution in [-0.2, 0) is 15.6 Å². The highest BCUT2D eigenvalue weighted by Gasteiger charge is 2.29. The average Bonchev–Trinajstić information content (AvgIpc) is 2.43. The van der Waals surface area contributed by atoms with Crippen LogP contribution in [0, 0.1) is 0 Å². The first kappa shape index (κ1) is 23.2. The Morgan fingerprint density at radius 1 is 1.00 bits per heavy atom. The predicted molar refractivity (Wildman–Crippen MR) is 115 cm³/mol. The highest BCUT2D eigenvalue weighted by atomic mass is 32.2. The van der Waals surface area contributed by atoms with E-state index in [2.05, 4.69) is 67.5 Å². The molecule has 0 radical (unpaired) electrons. The fraction of sp³-hybridized carbons (Fsp3) is 0.667. The summed E-state index contributed by atoms with van der Waals surface area (Å²) in [5.41, 5.74) is 1.60. The first-order valence-electron chi connectivity index (χ1n) is 8.96. The van der Waals surface area contributed by atoms with Gasteiger partial charge in [0.05, 0.1) is 5.25 Å². The van der Waals surface area contributed by atoms with Crippen LogP contribution in [0.2, 0.25) is 0 Å². The fourth-order valence-electron chi connectivity index (χ4n) is 2.56. The lowest BCUT2D eigenvalue weighted by Gasteiger charge is -2.30. The van der Waals surface area contributed by atoms with Crippen molar-refractivity contribution in [2.75, 3.05) is 5.75 Å². The van der Waals surface area contributed by atoms with Gasteiger partial charge in [0.25, 0.3) is 0 Å². The molecule has 1 atom stereocenters. The van der Waals surface area contributed by atoms with E-state index in [9.17, 15) is 9.90 Å². The second-order valence-corrected chi connectivity index (χ2v) is 12.6. The number of phenols is 1. The molecule has 5 heteroatoms. The summed E-state index contributed by atoms with van der Waals surface area (Å²) in [7, 11) is 0. The molecule has 0 aliphatic carbocycles. The van der Waals surface area contributed by atoms with Crippen molar-refractivity contribution in [1.82, 2.24) is 0 Å². The normalized spacial score (nSPS) is 14.3. The highest BCUT2D eigenvalue weighted by Crippen LogP contribution is 2.44. The van der Waals surface area contributed by atoms with Crippen molar-refractivity contribution in [1.29, 1.82) is 0 Å². The predicted octanol–water partition coefficient (Wildman–Crippen LogP) is 6.06. The Morgan fingerprint density at radius 3 is 1.77 bits per heavy atom. The number of carboxylic acids is 1. The summed E-state index contributed by atoms with van der Waals surface area (Å²) < 4.78 is -0.115. The van der Waals surface area contributed by atoms with Crippen LogP contribution in [0.4, 0.5) is 0 Å². The van der Waals surface area contributed by atoms with Gasteiger partial charge in [-0.1, -0.05) is 41.5 Å². The van der Waals surface area contributed by atoms with E-state index in [0.717, 1.165) is 21.8 Å². The van der Waals surface area contributed by atoms with Gasteiger partial charge in [0.15, 0.2) is 0 Å². The van der Waals surface area contributed by atoms with Gasteiger partial charge in [0.1, 0.15) is 5.75 Å². The molecule has 0 bridgehead atoms. The maximum Gasteiger partial charge on any atom is 0.316 e. The summed E-state index contributed by atoms with van der Waals surface area (Å²) in [6.07, 6.45) is 0. The van der Waals surface area contributed by atoms with Gasteiger partial charge in [-0.3, -0.25) is 4.79 Å². The monoisotopic (exact) mass is 398 g/mol. The number of rotatable bonds is 6. The first-order valence-corrected chi connectivity index (χ1v) is 10.8. The number of carboxylic acid groups (broad SMARTS) is 1. The van der Waals surface area contributed by atoms with E-state index in [1.807, 2.05) is 0 Å². The summed E-state index contributed by atoms with van der Waals surface area (Å²) in [4.78, 5) is 12.2. The molecule has 0 fully saturated rings. The van der Waals surface area contributed by atoms with E-state index in [1.165, 1.54) is 11.8 Å². The summed E-state index contributed by atoms with van der Waals surface area (Å²) in [6.45, 7) is 18.7. The summed E-state index contributed by atoms with van der Waals surface area (Å²) in [5, 5.41) is 19.5. The molecule has 1 aromatic rings. The number of phenolic OH excluding ortho intramolecular Hbond substituents is 1. The maximum absolute atomic E-state index is 11.1. The Balaban J connectivity index is 3.22. The number of hydrogen-bond acceptors (Lipinski definition) is 4. The Morgan fingerprint density at radius 2 is 1.42 bits per heavy atom. The molecule has 1 aromatic carbocycles. The molecule has 0 amide bonds. The minimum Gasteiger partial charge on any atom is -0.507 e. The van der Waals surface area contributed by atoms with Crippen LogP contribution < -0.4 is 0 Å². The van der Waals surface area contributed by atoms with E-state index in [0.29, 0.717) is 5.75 Å². The van der Waals surface area contributed by atoms with Crippen molar-refractivity contribution in [3.8, 4) is 5.75 Å². The third kappa shape index (κ3) is 6.41. The third-order valence-corrected chi connectivity index (χ3v) is 7.06. The van der Waals surface area contributed by atoms with Gasteiger partial charge < -0.3 is 10.2 Å². The Hall–Kier alpha value is -0.810. The lowest BCUT2D eigenvalue weighted by atomic mass is 9.79. The molecular formula is C21H34O3S2. The molecule has 1 rings (SSSR count). The van der Waals surface area contributed by atoms with Crippen molar-refractivity contribution in [2.24, 2.45) is 0 Å². The number of hydrogen-bond donors (Lipinski definition) is 2. The zero-order valence-corrected chi connectivity index (χ0v) is 19.2. The Labute approximate surface area is 167 Å². The molecule has 0 spiro atoms. The van der Waals surface area contributed by atoms with Crippen LogP contribution in [0.3, 0.4) is 0 Å². The van der Waals surface area contributed by atoms with Crippen LogP contribution in [-0.4, -0.2) is 31.9 Å². The van der Waals surface area contributed by atoms with E-state index in [-0.39, 0.29) is 15.6 Å². The molecule has 0 aromatic heterocycles. The minimum atomic E-state index is -0.773. The molecular weight excluding hydrogens is 364 g/mol. The number of aromatic hydroxyl groups is 1. The standard InChI is InChI=1S/C21H34O3S2/c1-13(18(23)24)25-12-21(8,9)26-14-10-15(19(2,3)4)17(22)16(11-14)20(5,6)7/h10-11,13,22H,12H2,1-9H3,(H,23,24). The zero-order chi connectivity index (χ0) is 20.5. The minimum absolute atomic E-state index is 0.115. The maximum atomic E-state index is 11.1. The quantitative estimate of drug-likeness (QED) is 0.570. The molecule has 2 N–H and O–H groups in total. The number of carbonyl (C=O) groups is 1.